The zero-order valence-corrected chi connectivity index (χ0v) is 6.01. The predicted octanol–water partition coefficient (Wildman–Crippen LogP) is 1.55. The minimum Gasteiger partial charge on any atom is -0.452 e. The molecular formula is C8H5F2O2. The molecule has 0 N–H and O–H groups in total. The van der Waals surface area contributed by atoms with E-state index in [0.717, 1.165) is 12.5 Å². The van der Waals surface area contributed by atoms with E-state index in [1.54, 1.807) is 0 Å². The maximum absolute atomic E-state index is 12.7. The number of ether oxygens (including phenoxy) is 1. The van der Waals surface area contributed by atoms with E-state index in [2.05, 4.69) is 4.74 Å². The first-order valence-corrected chi connectivity index (χ1v) is 3.17. The minimum atomic E-state index is -0.993. The molecule has 63 valence electrons. The van der Waals surface area contributed by atoms with E-state index < -0.39 is 11.6 Å². The zero-order chi connectivity index (χ0) is 8.97. The summed E-state index contributed by atoms with van der Waals surface area (Å²) in [6.45, 7) is 0.825. The fourth-order valence-electron chi connectivity index (χ4n) is 0.767. The fraction of sp³-hybridized carbons (Fsp3) is 0.125. The van der Waals surface area contributed by atoms with Crippen molar-refractivity contribution in [3.8, 4) is 0 Å². The van der Waals surface area contributed by atoms with Crippen LogP contribution >= 0.6 is 0 Å². The SMILES string of the molecule is O=[C]OCc1cccc(F)c1F. The van der Waals surface area contributed by atoms with Gasteiger partial charge in [-0.1, -0.05) is 12.1 Å². The summed E-state index contributed by atoms with van der Waals surface area (Å²) in [5.74, 6) is -1.95. The van der Waals surface area contributed by atoms with E-state index in [4.69, 9.17) is 0 Å². The second-order valence-corrected chi connectivity index (χ2v) is 2.08. The molecule has 0 fully saturated rings. The molecule has 0 atom stereocenters. The van der Waals surface area contributed by atoms with Crippen molar-refractivity contribution in [2.45, 2.75) is 6.61 Å². The molecule has 0 aliphatic carbocycles. The van der Waals surface area contributed by atoms with E-state index in [-0.39, 0.29) is 12.2 Å². The lowest BCUT2D eigenvalue weighted by atomic mass is 10.2. The Bertz CT molecular complexity index is 286. The Morgan fingerprint density at radius 1 is 1.42 bits per heavy atom. The van der Waals surface area contributed by atoms with Gasteiger partial charge in [-0.3, -0.25) is 0 Å². The molecule has 0 amide bonds. The molecule has 1 aromatic carbocycles. The predicted molar refractivity (Wildman–Crippen MR) is 36.8 cm³/mol. The zero-order valence-electron chi connectivity index (χ0n) is 6.01. The van der Waals surface area contributed by atoms with Crippen LogP contribution in [0.5, 0.6) is 0 Å². The van der Waals surface area contributed by atoms with Crippen LogP contribution in [0, 0.1) is 11.6 Å². The number of halogens is 2. The van der Waals surface area contributed by atoms with Gasteiger partial charge in [0.1, 0.15) is 6.61 Å². The summed E-state index contributed by atoms with van der Waals surface area (Å²) >= 11 is 0. The van der Waals surface area contributed by atoms with E-state index in [1.807, 2.05) is 0 Å². The second kappa shape index (κ2) is 3.80. The van der Waals surface area contributed by atoms with Gasteiger partial charge in [0.05, 0.1) is 0 Å². The lowest BCUT2D eigenvalue weighted by Gasteiger charge is -2.00. The van der Waals surface area contributed by atoms with Crippen LogP contribution in [0.25, 0.3) is 0 Å². The quantitative estimate of drug-likeness (QED) is 0.689. The van der Waals surface area contributed by atoms with Gasteiger partial charge in [0, 0.05) is 5.56 Å². The normalized spacial score (nSPS) is 9.50. The highest BCUT2D eigenvalue weighted by molar-refractivity contribution is 5.38. The minimum absolute atomic E-state index is 0.00153. The standard InChI is InChI=1S/C8H5F2O2/c9-7-3-1-2-6(8(7)10)4-12-5-11/h1-3H,4H2. The molecule has 4 heteroatoms. The summed E-state index contributed by atoms with van der Waals surface area (Å²) in [6.07, 6.45) is 0. The highest BCUT2D eigenvalue weighted by atomic mass is 19.2. The van der Waals surface area contributed by atoms with Gasteiger partial charge in [0.15, 0.2) is 11.6 Å². The molecule has 1 aromatic rings. The van der Waals surface area contributed by atoms with Crippen LogP contribution < -0.4 is 0 Å². The van der Waals surface area contributed by atoms with Gasteiger partial charge in [-0.25, -0.2) is 13.6 Å². The van der Waals surface area contributed by atoms with Crippen molar-refractivity contribution in [1.82, 2.24) is 0 Å². The average Bonchev–Trinajstić information content (AvgIpc) is 2.08. The first-order chi connectivity index (χ1) is 5.75. The van der Waals surface area contributed by atoms with Crippen molar-refractivity contribution in [1.29, 1.82) is 0 Å². The van der Waals surface area contributed by atoms with E-state index in [1.165, 1.54) is 12.1 Å². The molecule has 0 heterocycles. The second-order valence-electron chi connectivity index (χ2n) is 2.08. The van der Waals surface area contributed by atoms with Gasteiger partial charge < -0.3 is 4.74 Å². The Morgan fingerprint density at radius 2 is 2.17 bits per heavy atom. The Kier molecular flexibility index (Phi) is 2.74. The molecule has 0 aliphatic heterocycles. The molecule has 0 saturated carbocycles. The van der Waals surface area contributed by atoms with Crippen molar-refractivity contribution in [2.75, 3.05) is 0 Å². The van der Waals surface area contributed by atoms with Gasteiger partial charge in [0.2, 0.25) is 0 Å². The fourth-order valence-corrected chi connectivity index (χ4v) is 0.767. The van der Waals surface area contributed by atoms with Crippen LogP contribution in [0.2, 0.25) is 0 Å². The monoisotopic (exact) mass is 171 g/mol. The van der Waals surface area contributed by atoms with Crippen LogP contribution in [0.15, 0.2) is 18.2 Å². The highest BCUT2D eigenvalue weighted by Crippen LogP contribution is 2.11. The maximum atomic E-state index is 12.7. The van der Waals surface area contributed by atoms with Crippen molar-refractivity contribution in [3.63, 3.8) is 0 Å². The molecule has 0 unspecified atom stereocenters. The third-order valence-corrected chi connectivity index (χ3v) is 1.32. The number of hydrogen-bond acceptors (Lipinski definition) is 2. The Balaban J connectivity index is 2.84. The van der Waals surface area contributed by atoms with Gasteiger partial charge >= 0.3 is 6.47 Å². The molecule has 0 bridgehead atoms. The number of hydrogen-bond donors (Lipinski definition) is 0. The number of benzene rings is 1. The summed E-state index contributed by atoms with van der Waals surface area (Å²) in [4.78, 5) is 9.61. The number of carbonyl (C=O) groups excluding carboxylic acids is 1. The van der Waals surface area contributed by atoms with Gasteiger partial charge in [-0.05, 0) is 6.07 Å². The molecule has 0 aliphatic rings. The van der Waals surface area contributed by atoms with Crippen molar-refractivity contribution in [2.24, 2.45) is 0 Å². The van der Waals surface area contributed by atoms with E-state index >= 15 is 0 Å². The molecule has 12 heavy (non-hydrogen) atoms. The van der Waals surface area contributed by atoms with Crippen LogP contribution in [-0.4, -0.2) is 6.47 Å². The lowest BCUT2D eigenvalue weighted by molar-refractivity contribution is 0.260. The van der Waals surface area contributed by atoms with Gasteiger partial charge in [0.25, 0.3) is 0 Å². The molecule has 1 radical (unpaired) electrons. The Morgan fingerprint density at radius 3 is 2.83 bits per heavy atom. The molecule has 0 saturated heterocycles. The van der Waals surface area contributed by atoms with Gasteiger partial charge in [-0.15, -0.1) is 0 Å². The summed E-state index contributed by atoms with van der Waals surface area (Å²) < 4.78 is 29.4. The molecule has 1 rings (SSSR count). The summed E-state index contributed by atoms with van der Waals surface area (Å²) in [5, 5.41) is 0. The van der Waals surface area contributed by atoms with Crippen molar-refractivity contribution >= 4 is 6.47 Å². The maximum Gasteiger partial charge on any atom is 0.417 e. The van der Waals surface area contributed by atoms with Crippen molar-refractivity contribution < 1.29 is 18.3 Å². The number of rotatable bonds is 3. The first-order valence-electron chi connectivity index (χ1n) is 3.17. The molecule has 0 aromatic heterocycles. The van der Waals surface area contributed by atoms with Crippen LogP contribution in [-0.2, 0) is 16.1 Å². The smallest absolute Gasteiger partial charge is 0.417 e. The highest BCUT2D eigenvalue weighted by Gasteiger charge is 2.06. The summed E-state index contributed by atoms with van der Waals surface area (Å²) in [7, 11) is 0. The van der Waals surface area contributed by atoms with Crippen LogP contribution in [0.3, 0.4) is 0 Å². The molecule has 2 nitrogen and oxygen atoms in total. The molecule has 0 spiro atoms. The summed E-state index contributed by atoms with van der Waals surface area (Å²) in [5.41, 5.74) is -0.00153. The third kappa shape index (κ3) is 1.78. The summed E-state index contributed by atoms with van der Waals surface area (Å²) in [6, 6.07) is 3.65. The average molecular weight is 171 g/mol. The van der Waals surface area contributed by atoms with Crippen LogP contribution in [0.1, 0.15) is 5.56 Å². The first kappa shape index (κ1) is 8.64. The Hall–Kier alpha value is -1.45. The Labute approximate surface area is 67.8 Å². The lowest BCUT2D eigenvalue weighted by Crippen LogP contribution is -1.96. The third-order valence-electron chi connectivity index (χ3n) is 1.32. The van der Waals surface area contributed by atoms with E-state index in [0.29, 0.717) is 0 Å². The largest absolute Gasteiger partial charge is 0.452 e. The van der Waals surface area contributed by atoms with Gasteiger partial charge in [-0.2, -0.15) is 0 Å². The molecular weight excluding hydrogens is 166 g/mol. The van der Waals surface area contributed by atoms with E-state index in [9.17, 15) is 13.6 Å². The topological polar surface area (TPSA) is 26.3 Å². The van der Waals surface area contributed by atoms with Crippen LogP contribution in [0.4, 0.5) is 8.78 Å². The van der Waals surface area contributed by atoms with Crippen molar-refractivity contribution in [3.05, 3.63) is 35.4 Å².